The van der Waals surface area contributed by atoms with E-state index in [2.05, 4.69) is 5.32 Å². The lowest BCUT2D eigenvalue weighted by atomic mass is 10.1. The molecule has 0 aromatic heterocycles. The van der Waals surface area contributed by atoms with Gasteiger partial charge in [-0.2, -0.15) is 0 Å². The van der Waals surface area contributed by atoms with Crippen LogP contribution in [0.1, 0.15) is 11.1 Å². The fourth-order valence-corrected chi connectivity index (χ4v) is 1.15. The van der Waals surface area contributed by atoms with E-state index in [9.17, 15) is 4.79 Å². The highest BCUT2D eigenvalue weighted by Crippen LogP contribution is 2.16. The Hall–Kier alpha value is -1.06. The van der Waals surface area contributed by atoms with Gasteiger partial charge in [0.15, 0.2) is 0 Å². The zero-order chi connectivity index (χ0) is 10.6. The smallest absolute Gasteiger partial charge is 0.239 e. The van der Waals surface area contributed by atoms with Crippen molar-refractivity contribution < 1.29 is 9.90 Å². The van der Waals surface area contributed by atoms with E-state index in [0.717, 1.165) is 11.1 Å². The van der Waals surface area contributed by atoms with Crippen LogP contribution in [0, 0.1) is 6.92 Å². The van der Waals surface area contributed by atoms with Crippen molar-refractivity contribution in [2.75, 3.05) is 11.2 Å². The number of benzene rings is 1. The highest BCUT2D eigenvalue weighted by Gasteiger charge is 2.03. The van der Waals surface area contributed by atoms with Crippen molar-refractivity contribution in [3.05, 3.63) is 29.3 Å². The second kappa shape index (κ2) is 4.98. The molecule has 0 heterocycles. The number of hydrogen-bond donors (Lipinski definition) is 2. The number of aliphatic hydroxyl groups excluding tert-OH is 1. The summed E-state index contributed by atoms with van der Waals surface area (Å²) in [6, 6.07) is 5.39. The van der Waals surface area contributed by atoms with Crippen molar-refractivity contribution in [2.45, 2.75) is 13.5 Å². The van der Waals surface area contributed by atoms with E-state index in [0.29, 0.717) is 5.69 Å². The maximum Gasteiger partial charge on any atom is 0.239 e. The van der Waals surface area contributed by atoms with Gasteiger partial charge in [0.25, 0.3) is 0 Å². The molecule has 4 heteroatoms. The van der Waals surface area contributed by atoms with Gasteiger partial charge >= 0.3 is 0 Å². The molecule has 0 spiro atoms. The Morgan fingerprint density at radius 3 is 2.86 bits per heavy atom. The predicted molar refractivity (Wildman–Crippen MR) is 56.5 cm³/mol. The average Bonchev–Trinajstić information content (AvgIpc) is 2.21. The average molecular weight is 214 g/mol. The largest absolute Gasteiger partial charge is 0.392 e. The topological polar surface area (TPSA) is 49.3 Å². The van der Waals surface area contributed by atoms with Gasteiger partial charge in [0.1, 0.15) is 5.88 Å². The number of halogens is 1. The summed E-state index contributed by atoms with van der Waals surface area (Å²) < 4.78 is 0. The predicted octanol–water partition coefficient (Wildman–Crippen LogP) is 1.66. The summed E-state index contributed by atoms with van der Waals surface area (Å²) in [6.07, 6.45) is 0. The third-order valence-electron chi connectivity index (χ3n) is 1.88. The summed E-state index contributed by atoms with van der Waals surface area (Å²) in [5.74, 6) is -0.312. The maximum atomic E-state index is 11.0. The Bertz CT molecular complexity index is 339. The Balaban J connectivity index is 2.89. The summed E-state index contributed by atoms with van der Waals surface area (Å²) in [5, 5.41) is 11.6. The number of carbonyl (C=O) groups is 1. The minimum Gasteiger partial charge on any atom is -0.392 e. The normalized spacial score (nSPS) is 9.93. The molecule has 0 atom stereocenters. The molecule has 3 nitrogen and oxygen atoms in total. The quantitative estimate of drug-likeness (QED) is 0.751. The molecular weight excluding hydrogens is 202 g/mol. The third kappa shape index (κ3) is 2.72. The monoisotopic (exact) mass is 213 g/mol. The van der Waals surface area contributed by atoms with Crippen molar-refractivity contribution in [3.63, 3.8) is 0 Å². The van der Waals surface area contributed by atoms with Crippen LogP contribution in [-0.2, 0) is 11.4 Å². The first-order valence-corrected chi connectivity index (χ1v) is 4.77. The van der Waals surface area contributed by atoms with Crippen LogP contribution in [0.4, 0.5) is 5.69 Å². The maximum absolute atomic E-state index is 11.0. The number of nitrogens with one attached hydrogen (secondary N) is 1. The molecule has 0 aliphatic carbocycles. The van der Waals surface area contributed by atoms with Gasteiger partial charge in [-0.05, 0) is 24.1 Å². The number of rotatable bonds is 3. The van der Waals surface area contributed by atoms with Gasteiger partial charge < -0.3 is 10.4 Å². The van der Waals surface area contributed by atoms with Gasteiger partial charge in [-0.3, -0.25) is 4.79 Å². The van der Waals surface area contributed by atoms with E-state index in [1.807, 2.05) is 19.1 Å². The van der Waals surface area contributed by atoms with Crippen LogP contribution in [0.5, 0.6) is 0 Å². The molecule has 0 radical (unpaired) electrons. The SMILES string of the molecule is Cc1ccc(CO)cc1NC(=O)CCl. The lowest BCUT2D eigenvalue weighted by Crippen LogP contribution is -2.13. The minimum absolute atomic E-state index is 0.0377. The second-order valence-corrected chi connectivity index (χ2v) is 3.26. The molecule has 1 rings (SSSR count). The first-order chi connectivity index (χ1) is 6.67. The van der Waals surface area contributed by atoms with Gasteiger partial charge in [0.05, 0.1) is 6.61 Å². The standard InChI is InChI=1S/C10H12ClNO2/c1-7-2-3-8(6-13)4-9(7)12-10(14)5-11/h2-4,13H,5-6H2,1H3,(H,12,14). The molecule has 0 aliphatic heterocycles. The number of aliphatic hydroxyl groups is 1. The molecular formula is C10H12ClNO2. The fraction of sp³-hybridized carbons (Fsp3) is 0.300. The van der Waals surface area contributed by atoms with Crippen LogP contribution in [0.15, 0.2) is 18.2 Å². The van der Waals surface area contributed by atoms with E-state index >= 15 is 0 Å². The first kappa shape index (κ1) is 11.0. The van der Waals surface area contributed by atoms with E-state index in [-0.39, 0.29) is 18.4 Å². The third-order valence-corrected chi connectivity index (χ3v) is 2.12. The molecule has 1 aromatic carbocycles. The lowest BCUT2D eigenvalue weighted by molar-refractivity contribution is -0.113. The van der Waals surface area contributed by atoms with Crippen molar-refractivity contribution in [2.24, 2.45) is 0 Å². The zero-order valence-electron chi connectivity index (χ0n) is 7.88. The number of hydrogen-bond acceptors (Lipinski definition) is 2. The summed E-state index contributed by atoms with van der Waals surface area (Å²) in [4.78, 5) is 11.0. The molecule has 0 bridgehead atoms. The summed E-state index contributed by atoms with van der Waals surface area (Å²) in [7, 11) is 0. The van der Waals surface area contributed by atoms with Crippen LogP contribution in [0.25, 0.3) is 0 Å². The van der Waals surface area contributed by atoms with Crippen LogP contribution in [-0.4, -0.2) is 16.9 Å². The van der Waals surface area contributed by atoms with Crippen LogP contribution in [0.2, 0.25) is 0 Å². The Morgan fingerprint density at radius 2 is 2.29 bits per heavy atom. The van der Waals surface area contributed by atoms with Gasteiger partial charge in [0.2, 0.25) is 5.91 Å². The van der Waals surface area contributed by atoms with Gasteiger partial charge in [0, 0.05) is 5.69 Å². The molecule has 14 heavy (non-hydrogen) atoms. The fourth-order valence-electron chi connectivity index (χ4n) is 1.09. The highest BCUT2D eigenvalue weighted by molar-refractivity contribution is 6.29. The first-order valence-electron chi connectivity index (χ1n) is 4.23. The van der Waals surface area contributed by atoms with Crippen LogP contribution >= 0.6 is 11.6 Å². The molecule has 0 fully saturated rings. The number of anilines is 1. The van der Waals surface area contributed by atoms with Crippen molar-refractivity contribution in [3.8, 4) is 0 Å². The van der Waals surface area contributed by atoms with E-state index in [1.165, 1.54) is 0 Å². The summed E-state index contributed by atoms with van der Waals surface area (Å²) in [5.41, 5.74) is 2.41. The van der Waals surface area contributed by atoms with E-state index in [1.54, 1.807) is 6.07 Å². The number of aryl methyl sites for hydroxylation is 1. The summed E-state index contributed by atoms with van der Waals surface area (Å²) in [6.45, 7) is 1.84. The highest BCUT2D eigenvalue weighted by atomic mass is 35.5. The Labute approximate surface area is 87.7 Å². The lowest BCUT2D eigenvalue weighted by Gasteiger charge is -2.08. The molecule has 2 N–H and O–H groups in total. The summed E-state index contributed by atoms with van der Waals surface area (Å²) >= 11 is 5.37. The Morgan fingerprint density at radius 1 is 1.57 bits per heavy atom. The minimum atomic E-state index is -0.246. The van der Waals surface area contributed by atoms with Crippen LogP contribution < -0.4 is 5.32 Å². The van der Waals surface area contributed by atoms with Gasteiger partial charge in [-0.1, -0.05) is 12.1 Å². The van der Waals surface area contributed by atoms with Crippen molar-refractivity contribution >= 4 is 23.2 Å². The molecule has 0 saturated carbocycles. The van der Waals surface area contributed by atoms with Gasteiger partial charge in [-0.15, -0.1) is 11.6 Å². The van der Waals surface area contributed by atoms with Crippen LogP contribution in [0.3, 0.4) is 0 Å². The Kier molecular flexibility index (Phi) is 3.92. The number of amides is 1. The van der Waals surface area contributed by atoms with Crippen molar-refractivity contribution in [1.82, 2.24) is 0 Å². The van der Waals surface area contributed by atoms with Crippen molar-refractivity contribution in [1.29, 1.82) is 0 Å². The molecule has 0 unspecified atom stereocenters. The molecule has 76 valence electrons. The molecule has 0 aliphatic rings. The second-order valence-electron chi connectivity index (χ2n) is 2.99. The van der Waals surface area contributed by atoms with E-state index in [4.69, 9.17) is 16.7 Å². The number of carbonyl (C=O) groups excluding carboxylic acids is 1. The van der Waals surface area contributed by atoms with Gasteiger partial charge in [-0.25, -0.2) is 0 Å². The molecule has 1 aromatic rings. The number of alkyl halides is 1. The molecule has 0 saturated heterocycles. The zero-order valence-corrected chi connectivity index (χ0v) is 8.64. The molecule has 1 amide bonds. The van der Waals surface area contributed by atoms with E-state index < -0.39 is 0 Å².